The Bertz CT molecular complexity index is 1520. The van der Waals surface area contributed by atoms with Gasteiger partial charge in [0.1, 0.15) is 0 Å². The van der Waals surface area contributed by atoms with Crippen molar-refractivity contribution in [2.24, 2.45) is 23.7 Å². The van der Waals surface area contributed by atoms with Crippen LogP contribution in [0.1, 0.15) is 33.9 Å². The van der Waals surface area contributed by atoms with Gasteiger partial charge in [-0.2, -0.15) is 0 Å². The standard InChI is InChI=1S/C31H25N3O4/c35-28-23-9-5-4-8-21(23)22-13-12-20(15-24(22)28)33-31(38)32-16-25(17-6-2-1-3-7-17)34-29(36)26-18-10-11-19(14-18)27(26)30(34)37/h1-13,15,18-19,25-27H,14,16H2,(H2,32,33,38). The van der Waals surface area contributed by atoms with E-state index < -0.39 is 12.1 Å². The predicted octanol–water partition coefficient (Wildman–Crippen LogP) is 4.57. The van der Waals surface area contributed by atoms with E-state index in [1.165, 1.54) is 4.90 Å². The van der Waals surface area contributed by atoms with Gasteiger partial charge in [0.05, 0.1) is 17.9 Å². The zero-order valence-electron chi connectivity index (χ0n) is 20.5. The minimum atomic E-state index is -0.608. The highest BCUT2D eigenvalue weighted by molar-refractivity contribution is 6.22. The van der Waals surface area contributed by atoms with Crippen LogP contribution in [0.15, 0.2) is 84.9 Å². The molecule has 1 heterocycles. The van der Waals surface area contributed by atoms with E-state index in [0.29, 0.717) is 16.8 Å². The summed E-state index contributed by atoms with van der Waals surface area (Å²) >= 11 is 0. The lowest BCUT2D eigenvalue weighted by Gasteiger charge is -2.28. The molecule has 3 aliphatic carbocycles. The average Bonchev–Trinajstić information content (AvgIpc) is 3.69. The second kappa shape index (κ2) is 8.52. The first kappa shape index (κ1) is 22.7. The molecule has 2 N–H and O–H groups in total. The number of urea groups is 1. The molecular formula is C31H25N3O4. The second-order valence-corrected chi connectivity index (χ2v) is 10.4. The maximum atomic E-state index is 13.5. The average molecular weight is 504 g/mol. The lowest BCUT2D eigenvalue weighted by molar-refractivity contribution is -0.143. The van der Waals surface area contributed by atoms with Crippen LogP contribution in [0.4, 0.5) is 10.5 Å². The Morgan fingerprint density at radius 1 is 0.789 bits per heavy atom. The Labute approximate surface area is 219 Å². The lowest BCUT2D eigenvalue weighted by atomic mass is 9.85. The van der Waals surface area contributed by atoms with Gasteiger partial charge in [-0.25, -0.2) is 4.79 Å². The first-order chi connectivity index (χ1) is 18.5. The number of amides is 4. The number of allylic oxidation sites excluding steroid dienone is 2. The number of carbonyl (C=O) groups is 4. The van der Waals surface area contributed by atoms with E-state index in [2.05, 4.69) is 22.8 Å². The van der Waals surface area contributed by atoms with Crippen molar-refractivity contribution in [1.82, 2.24) is 10.2 Å². The van der Waals surface area contributed by atoms with Crippen molar-refractivity contribution >= 4 is 29.3 Å². The van der Waals surface area contributed by atoms with Gasteiger partial charge in [0, 0.05) is 23.4 Å². The number of hydrogen-bond donors (Lipinski definition) is 2. The van der Waals surface area contributed by atoms with E-state index in [1.807, 2.05) is 54.6 Å². The number of imide groups is 1. The van der Waals surface area contributed by atoms with Crippen molar-refractivity contribution in [2.45, 2.75) is 12.5 Å². The molecule has 4 aliphatic rings. The molecule has 2 bridgehead atoms. The zero-order chi connectivity index (χ0) is 26.0. The van der Waals surface area contributed by atoms with Gasteiger partial charge in [0.15, 0.2) is 5.78 Å². The third-order valence-electron chi connectivity index (χ3n) is 8.44. The maximum absolute atomic E-state index is 13.5. The van der Waals surface area contributed by atoms with Crippen LogP contribution >= 0.6 is 0 Å². The number of likely N-dealkylation sites (tertiary alicyclic amines) is 1. The van der Waals surface area contributed by atoms with Crippen LogP contribution in [-0.2, 0) is 9.59 Å². The molecule has 1 saturated carbocycles. The van der Waals surface area contributed by atoms with E-state index in [-0.39, 0.29) is 47.8 Å². The summed E-state index contributed by atoms with van der Waals surface area (Å²) in [5, 5.41) is 5.65. The number of ketones is 1. The largest absolute Gasteiger partial charge is 0.335 e. The molecule has 38 heavy (non-hydrogen) atoms. The molecule has 7 nitrogen and oxygen atoms in total. The van der Waals surface area contributed by atoms with Crippen LogP contribution in [0, 0.1) is 23.7 Å². The van der Waals surface area contributed by atoms with Crippen molar-refractivity contribution in [3.05, 3.63) is 102 Å². The lowest BCUT2D eigenvalue weighted by Crippen LogP contribution is -2.43. The summed E-state index contributed by atoms with van der Waals surface area (Å²) in [7, 11) is 0. The third-order valence-corrected chi connectivity index (χ3v) is 8.44. The molecule has 7 rings (SSSR count). The smallest absolute Gasteiger partial charge is 0.319 e. The minimum Gasteiger partial charge on any atom is -0.335 e. The Morgan fingerprint density at radius 2 is 1.42 bits per heavy atom. The molecule has 4 amide bonds. The summed E-state index contributed by atoms with van der Waals surface area (Å²) in [4.78, 5) is 54.1. The highest BCUT2D eigenvalue weighted by atomic mass is 16.2. The van der Waals surface area contributed by atoms with Gasteiger partial charge in [0.2, 0.25) is 11.8 Å². The SMILES string of the molecule is O=C(NCC(c1ccccc1)N1C(=O)C2C3C=CC(C3)C2C1=O)Nc1ccc2c(c1)C(=O)c1ccccc1-2. The minimum absolute atomic E-state index is 0.0659. The number of carbonyl (C=O) groups excluding carboxylic acids is 4. The van der Waals surface area contributed by atoms with Crippen LogP contribution in [0.3, 0.4) is 0 Å². The van der Waals surface area contributed by atoms with Crippen molar-refractivity contribution < 1.29 is 19.2 Å². The fourth-order valence-corrected chi connectivity index (χ4v) is 6.74. The molecule has 3 aromatic carbocycles. The molecule has 2 fully saturated rings. The number of benzene rings is 3. The normalized spacial score (nSPS) is 24.8. The number of rotatable bonds is 5. The van der Waals surface area contributed by atoms with Crippen molar-refractivity contribution in [2.75, 3.05) is 11.9 Å². The summed E-state index contributed by atoms with van der Waals surface area (Å²) in [6.45, 7) is 0.0742. The zero-order valence-corrected chi connectivity index (χ0v) is 20.5. The molecule has 0 radical (unpaired) electrons. The summed E-state index contributed by atoms with van der Waals surface area (Å²) in [5.41, 5.74) is 4.22. The third kappa shape index (κ3) is 3.35. The van der Waals surface area contributed by atoms with E-state index in [0.717, 1.165) is 23.1 Å². The first-order valence-electron chi connectivity index (χ1n) is 12.9. The van der Waals surface area contributed by atoms with Crippen LogP contribution in [-0.4, -0.2) is 35.1 Å². The van der Waals surface area contributed by atoms with Crippen LogP contribution in [0.2, 0.25) is 0 Å². The molecule has 3 aromatic rings. The van der Waals surface area contributed by atoms with Crippen LogP contribution in [0.5, 0.6) is 0 Å². The number of nitrogens with one attached hydrogen (secondary N) is 2. The van der Waals surface area contributed by atoms with Gasteiger partial charge in [0.25, 0.3) is 0 Å². The van der Waals surface area contributed by atoms with Gasteiger partial charge in [-0.3, -0.25) is 19.3 Å². The molecule has 5 unspecified atom stereocenters. The molecule has 1 saturated heterocycles. The highest BCUT2D eigenvalue weighted by Gasteiger charge is 2.60. The first-order valence-corrected chi connectivity index (χ1v) is 12.9. The number of anilines is 1. The molecular weight excluding hydrogens is 478 g/mol. The predicted molar refractivity (Wildman–Crippen MR) is 141 cm³/mol. The Hall–Kier alpha value is -4.52. The van der Waals surface area contributed by atoms with Crippen molar-refractivity contribution in [3.8, 4) is 11.1 Å². The van der Waals surface area contributed by atoms with Gasteiger partial charge in [-0.05, 0) is 47.1 Å². The highest BCUT2D eigenvalue weighted by Crippen LogP contribution is 2.53. The molecule has 0 aromatic heterocycles. The molecule has 5 atom stereocenters. The Morgan fingerprint density at radius 3 is 2.13 bits per heavy atom. The van der Waals surface area contributed by atoms with Gasteiger partial charge in [-0.1, -0.05) is 72.8 Å². The monoisotopic (exact) mass is 503 g/mol. The molecule has 0 spiro atoms. The van der Waals surface area contributed by atoms with E-state index in [4.69, 9.17) is 0 Å². The summed E-state index contributed by atoms with van der Waals surface area (Å²) in [5.74, 6) is -0.727. The van der Waals surface area contributed by atoms with Gasteiger partial charge < -0.3 is 10.6 Å². The second-order valence-electron chi connectivity index (χ2n) is 10.4. The molecule has 7 heteroatoms. The molecule has 188 valence electrons. The van der Waals surface area contributed by atoms with E-state index >= 15 is 0 Å². The van der Waals surface area contributed by atoms with Crippen LogP contribution in [0.25, 0.3) is 11.1 Å². The summed E-state index contributed by atoms with van der Waals surface area (Å²) in [6, 6.07) is 21.0. The topological polar surface area (TPSA) is 95.6 Å². The van der Waals surface area contributed by atoms with Gasteiger partial charge >= 0.3 is 6.03 Å². The van der Waals surface area contributed by atoms with Crippen molar-refractivity contribution in [3.63, 3.8) is 0 Å². The quantitative estimate of drug-likeness (QED) is 0.308. The summed E-state index contributed by atoms with van der Waals surface area (Å²) in [6.07, 6.45) is 5.01. The van der Waals surface area contributed by atoms with E-state index in [1.54, 1.807) is 18.2 Å². The maximum Gasteiger partial charge on any atom is 0.319 e. The number of nitrogens with zero attached hydrogens (tertiary/aromatic N) is 1. The fraction of sp³-hybridized carbons (Fsp3) is 0.226. The molecule has 1 aliphatic heterocycles. The Kier molecular flexibility index (Phi) is 5.08. The van der Waals surface area contributed by atoms with E-state index in [9.17, 15) is 19.2 Å². The Balaban J connectivity index is 1.09. The fourth-order valence-electron chi connectivity index (χ4n) is 6.74. The van der Waals surface area contributed by atoms with Crippen molar-refractivity contribution in [1.29, 1.82) is 0 Å². The van der Waals surface area contributed by atoms with Crippen LogP contribution < -0.4 is 10.6 Å². The number of hydrogen-bond acceptors (Lipinski definition) is 4. The summed E-state index contributed by atoms with van der Waals surface area (Å²) < 4.78 is 0. The van der Waals surface area contributed by atoms with Gasteiger partial charge in [-0.15, -0.1) is 0 Å². The number of fused-ring (bicyclic) bond motifs is 8.